The summed E-state index contributed by atoms with van der Waals surface area (Å²) in [6.45, 7) is -0.0926. The highest BCUT2D eigenvalue weighted by atomic mass is 32.2. The molecule has 0 atom stereocenters. The van der Waals surface area contributed by atoms with E-state index >= 15 is 0 Å². The third-order valence-electron chi connectivity index (χ3n) is 2.75. The number of sulfonamides is 1. The van der Waals surface area contributed by atoms with Crippen molar-refractivity contribution in [2.75, 3.05) is 19.0 Å². The summed E-state index contributed by atoms with van der Waals surface area (Å²) >= 11 is 0. The quantitative estimate of drug-likeness (QED) is 0.895. The number of hydrogen-bond acceptors (Lipinski definition) is 5. The molecular weight excluding hydrogens is 314 g/mol. The minimum Gasteiger partial charge on any atom is -0.347 e. The summed E-state index contributed by atoms with van der Waals surface area (Å²) in [6.07, 6.45) is 1.50. The largest absolute Gasteiger partial charge is 0.347 e. The van der Waals surface area contributed by atoms with Gasteiger partial charge in [0.2, 0.25) is 16.0 Å². The zero-order valence-electron chi connectivity index (χ0n) is 11.9. The van der Waals surface area contributed by atoms with Crippen molar-refractivity contribution in [3.63, 3.8) is 0 Å². The number of nitrogens with one attached hydrogen (secondary N) is 1. The maximum Gasteiger partial charge on any atom is 0.241 e. The van der Waals surface area contributed by atoms with Crippen LogP contribution in [0.3, 0.4) is 0 Å². The Labute approximate surface area is 126 Å². The molecule has 1 aromatic heterocycles. The third-order valence-corrected chi connectivity index (χ3v) is 4.14. The van der Waals surface area contributed by atoms with Gasteiger partial charge in [0.05, 0.1) is 17.1 Å². The molecule has 22 heavy (non-hydrogen) atoms. The Morgan fingerprint density at radius 3 is 2.55 bits per heavy atom. The topological polar surface area (TPSA) is 75.2 Å². The number of anilines is 1. The fourth-order valence-corrected chi connectivity index (χ4v) is 2.61. The molecule has 0 spiro atoms. The molecular formula is C13H14F2N4O2S. The Morgan fingerprint density at radius 1 is 1.18 bits per heavy atom. The minimum atomic E-state index is -3.96. The average molecular weight is 328 g/mol. The van der Waals surface area contributed by atoms with Crippen LogP contribution in [-0.2, 0) is 16.6 Å². The molecule has 0 aliphatic heterocycles. The van der Waals surface area contributed by atoms with Crippen LogP contribution in [0, 0.1) is 11.6 Å². The number of aromatic nitrogens is 2. The molecule has 1 heterocycles. The molecule has 2 aromatic rings. The first-order valence-electron chi connectivity index (χ1n) is 6.23. The first kappa shape index (κ1) is 16.2. The molecule has 118 valence electrons. The zero-order valence-corrected chi connectivity index (χ0v) is 12.7. The van der Waals surface area contributed by atoms with Crippen LogP contribution in [0.2, 0.25) is 0 Å². The number of rotatable bonds is 5. The molecule has 0 fully saturated rings. The van der Waals surface area contributed by atoms with Crippen molar-refractivity contribution in [1.29, 1.82) is 0 Å². The van der Waals surface area contributed by atoms with Crippen molar-refractivity contribution >= 4 is 16.0 Å². The van der Waals surface area contributed by atoms with Gasteiger partial charge in [-0.05, 0) is 24.3 Å². The second-order valence-electron chi connectivity index (χ2n) is 4.64. The lowest BCUT2D eigenvalue weighted by atomic mass is 10.3. The summed E-state index contributed by atoms with van der Waals surface area (Å²) in [5.74, 6) is -1.89. The fraction of sp³-hybridized carbons (Fsp3) is 0.231. The summed E-state index contributed by atoms with van der Waals surface area (Å²) in [4.78, 5) is 9.48. The molecule has 9 heteroatoms. The van der Waals surface area contributed by atoms with E-state index in [0.29, 0.717) is 17.7 Å². The Balaban J connectivity index is 2.16. The number of nitrogens with zero attached hydrogens (tertiary/aromatic N) is 3. The van der Waals surface area contributed by atoms with Gasteiger partial charge in [-0.15, -0.1) is 0 Å². The van der Waals surface area contributed by atoms with Gasteiger partial charge in [-0.25, -0.2) is 31.9 Å². The van der Waals surface area contributed by atoms with Gasteiger partial charge in [0, 0.05) is 20.3 Å². The molecule has 0 amide bonds. The zero-order chi connectivity index (χ0) is 16.3. The number of halogens is 2. The molecule has 0 radical (unpaired) electrons. The van der Waals surface area contributed by atoms with Crippen LogP contribution in [0.15, 0.2) is 35.4 Å². The van der Waals surface area contributed by atoms with Gasteiger partial charge in [0.25, 0.3) is 0 Å². The molecule has 6 nitrogen and oxygen atoms in total. The van der Waals surface area contributed by atoms with Crippen LogP contribution < -0.4 is 9.62 Å². The first-order chi connectivity index (χ1) is 10.3. The van der Waals surface area contributed by atoms with Crippen LogP contribution >= 0.6 is 0 Å². The smallest absolute Gasteiger partial charge is 0.241 e. The molecule has 2 rings (SSSR count). The van der Waals surface area contributed by atoms with E-state index in [1.165, 1.54) is 6.20 Å². The molecule has 0 saturated carbocycles. The molecule has 0 unspecified atom stereocenters. The van der Waals surface area contributed by atoms with Gasteiger partial charge in [0.15, 0.2) is 11.6 Å². The second-order valence-corrected chi connectivity index (χ2v) is 6.41. The lowest BCUT2D eigenvalue weighted by Gasteiger charge is -2.11. The summed E-state index contributed by atoms with van der Waals surface area (Å²) in [6, 6.07) is 3.94. The highest BCUT2D eigenvalue weighted by Gasteiger charge is 2.16. The maximum atomic E-state index is 13.1. The first-order valence-corrected chi connectivity index (χ1v) is 7.72. The minimum absolute atomic E-state index is 0.0926. The van der Waals surface area contributed by atoms with Crippen molar-refractivity contribution in [1.82, 2.24) is 14.7 Å². The lowest BCUT2D eigenvalue weighted by molar-refractivity contribution is 0.504. The van der Waals surface area contributed by atoms with Gasteiger partial charge in [-0.2, -0.15) is 0 Å². The normalized spacial score (nSPS) is 11.5. The standard InChI is InChI=1S/C13H14F2N4O2S/c1-19(2)13-16-6-5-9(18-13)8-17-22(20,21)10-3-4-11(14)12(15)7-10/h3-7,17H,8H2,1-2H3. The van der Waals surface area contributed by atoms with E-state index in [2.05, 4.69) is 14.7 Å². The fourth-order valence-electron chi connectivity index (χ4n) is 1.59. The molecule has 0 bridgehead atoms. The molecule has 1 aromatic carbocycles. The summed E-state index contributed by atoms with van der Waals surface area (Å²) < 4.78 is 52.3. The van der Waals surface area contributed by atoms with E-state index in [1.807, 2.05) is 0 Å². The summed E-state index contributed by atoms with van der Waals surface area (Å²) in [5.41, 5.74) is 0.449. The van der Waals surface area contributed by atoms with Crippen molar-refractivity contribution in [2.45, 2.75) is 11.4 Å². The van der Waals surface area contributed by atoms with Crippen molar-refractivity contribution in [3.05, 3.63) is 47.8 Å². The van der Waals surface area contributed by atoms with E-state index in [-0.39, 0.29) is 11.4 Å². The maximum absolute atomic E-state index is 13.1. The van der Waals surface area contributed by atoms with Gasteiger partial charge in [0.1, 0.15) is 0 Å². The lowest BCUT2D eigenvalue weighted by Crippen LogP contribution is -2.24. The second kappa shape index (κ2) is 6.32. The van der Waals surface area contributed by atoms with E-state index < -0.39 is 21.7 Å². The highest BCUT2D eigenvalue weighted by molar-refractivity contribution is 7.89. The third kappa shape index (κ3) is 3.74. The van der Waals surface area contributed by atoms with Crippen LogP contribution in [-0.4, -0.2) is 32.5 Å². The molecule has 0 saturated heterocycles. The van der Waals surface area contributed by atoms with Crippen LogP contribution in [0.1, 0.15) is 5.69 Å². The van der Waals surface area contributed by atoms with E-state index in [1.54, 1.807) is 25.1 Å². The summed E-state index contributed by atoms with van der Waals surface area (Å²) in [7, 11) is -0.452. The summed E-state index contributed by atoms with van der Waals surface area (Å²) in [5, 5.41) is 0. The predicted octanol–water partition coefficient (Wildman–Crippen LogP) is 1.30. The SMILES string of the molecule is CN(C)c1nccc(CNS(=O)(=O)c2ccc(F)c(F)c2)n1. The highest BCUT2D eigenvalue weighted by Crippen LogP contribution is 2.14. The van der Waals surface area contributed by atoms with E-state index in [0.717, 1.165) is 12.1 Å². The monoisotopic (exact) mass is 328 g/mol. The van der Waals surface area contributed by atoms with E-state index in [9.17, 15) is 17.2 Å². The van der Waals surface area contributed by atoms with Crippen LogP contribution in [0.5, 0.6) is 0 Å². The molecule has 1 N–H and O–H groups in total. The van der Waals surface area contributed by atoms with Gasteiger partial charge < -0.3 is 4.90 Å². The van der Waals surface area contributed by atoms with Gasteiger partial charge in [-0.1, -0.05) is 0 Å². The van der Waals surface area contributed by atoms with Gasteiger partial charge in [-0.3, -0.25) is 0 Å². The van der Waals surface area contributed by atoms with E-state index in [4.69, 9.17) is 0 Å². The Kier molecular flexibility index (Phi) is 4.67. The van der Waals surface area contributed by atoms with Crippen LogP contribution in [0.25, 0.3) is 0 Å². The average Bonchev–Trinajstić information content (AvgIpc) is 2.48. The molecule has 0 aliphatic rings. The van der Waals surface area contributed by atoms with Crippen molar-refractivity contribution in [2.24, 2.45) is 0 Å². The number of hydrogen-bond donors (Lipinski definition) is 1. The van der Waals surface area contributed by atoms with Crippen molar-refractivity contribution in [3.8, 4) is 0 Å². The molecule has 0 aliphatic carbocycles. The van der Waals surface area contributed by atoms with Crippen LogP contribution in [0.4, 0.5) is 14.7 Å². The van der Waals surface area contributed by atoms with Gasteiger partial charge >= 0.3 is 0 Å². The Hall–Kier alpha value is -2.13. The number of benzene rings is 1. The van der Waals surface area contributed by atoms with Crippen molar-refractivity contribution < 1.29 is 17.2 Å². The Bertz CT molecular complexity index is 781. The predicted molar refractivity (Wildman–Crippen MR) is 76.7 cm³/mol. The Morgan fingerprint density at radius 2 is 1.91 bits per heavy atom.